The Morgan fingerprint density at radius 1 is 1.24 bits per heavy atom. The van der Waals surface area contributed by atoms with Gasteiger partial charge >= 0.3 is 0 Å². The summed E-state index contributed by atoms with van der Waals surface area (Å²) in [4.78, 5) is 22.6. The fourth-order valence-electron chi connectivity index (χ4n) is 3.48. The van der Waals surface area contributed by atoms with Crippen LogP contribution in [0.2, 0.25) is 0 Å². The van der Waals surface area contributed by atoms with E-state index in [4.69, 9.17) is 14.6 Å². The van der Waals surface area contributed by atoms with Gasteiger partial charge in [0.1, 0.15) is 35.2 Å². The predicted molar refractivity (Wildman–Crippen MR) is 117 cm³/mol. The molecule has 180 valence electrons. The quantitative estimate of drug-likeness (QED) is 0.490. The Balaban J connectivity index is 1.41. The standard InChI is InChI=1S/C22H26FN7O4/c1-3-15-6-14(4-5-18(15)23)8-24-22(32)20-7-19(25-13(2)26-20)21-27-29-30(28-21)9-16-11-34-17(10-31)12-33-16/h4-7,16-17,31H,3,8-12H2,1-2H3,(H,24,32)/t16-,17?/m0/s1. The highest BCUT2D eigenvalue weighted by atomic mass is 19.1. The summed E-state index contributed by atoms with van der Waals surface area (Å²) < 4.78 is 24.8. The first-order chi connectivity index (χ1) is 16.4. The first kappa shape index (κ1) is 23.8. The molecule has 2 N–H and O–H groups in total. The molecule has 1 unspecified atom stereocenters. The molecule has 3 heterocycles. The predicted octanol–water partition coefficient (Wildman–Crippen LogP) is 0.846. The van der Waals surface area contributed by atoms with Crippen molar-refractivity contribution in [1.82, 2.24) is 35.5 Å². The molecular weight excluding hydrogens is 445 g/mol. The lowest BCUT2D eigenvalue weighted by Gasteiger charge is -2.27. The zero-order valence-corrected chi connectivity index (χ0v) is 18.9. The van der Waals surface area contributed by atoms with Crippen LogP contribution >= 0.6 is 0 Å². The molecule has 2 aromatic heterocycles. The van der Waals surface area contributed by atoms with Crippen molar-refractivity contribution >= 4 is 5.91 Å². The van der Waals surface area contributed by atoms with E-state index in [1.807, 2.05) is 6.92 Å². The SMILES string of the molecule is CCc1cc(CNC(=O)c2cc(-c3nnn(C[C@H]4COC(CO)CO4)n3)nc(C)n2)ccc1F. The van der Waals surface area contributed by atoms with E-state index in [1.54, 1.807) is 19.1 Å². The third-order valence-corrected chi connectivity index (χ3v) is 5.30. The van der Waals surface area contributed by atoms with Crippen LogP contribution in [-0.2, 0) is 29.0 Å². The summed E-state index contributed by atoms with van der Waals surface area (Å²) in [6, 6.07) is 6.27. The summed E-state index contributed by atoms with van der Waals surface area (Å²) in [5.74, 6) is -0.0254. The van der Waals surface area contributed by atoms with Gasteiger partial charge in [-0.15, -0.1) is 10.2 Å². The highest BCUT2D eigenvalue weighted by Gasteiger charge is 2.23. The minimum absolute atomic E-state index is 0.0922. The number of nitrogens with one attached hydrogen (secondary N) is 1. The van der Waals surface area contributed by atoms with Crippen LogP contribution in [0.25, 0.3) is 11.5 Å². The molecule has 0 spiro atoms. The van der Waals surface area contributed by atoms with Gasteiger partial charge in [0.2, 0.25) is 5.82 Å². The summed E-state index contributed by atoms with van der Waals surface area (Å²) >= 11 is 0. The molecule has 34 heavy (non-hydrogen) atoms. The number of aliphatic hydroxyl groups is 1. The number of carbonyl (C=O) groups is 1. The van der Waals surface area contributed by atoms with Crippen molar-refractivity contribution in [3.8, 4) is 11.5 Å². The molecule has 1 aliphatic heterocycles. The smallest absolute Gasteiger partial charge is 0.270 e. The minimum Gasteiger partial charge on any atom is -0.394 e. The zero-order chi connectivity index (χ0) is 24.1. The van der Waals surface area contributed by atoms with Crippen LogP contribution in [0.4, 0.5) is 4.39 Å². The number of aromatic nitrogens is 6. The molecule has 2 atom stereocenters. The maximum Gasteiger partial charge on any atom is 0.270 e. The van der Waals surface area contributed by atoms with Crippen LogP contribution < -0.4 is 5.32 Å². The van der Waals surface area contributed by atoms with E-state index in [-0.39, 0.29) is 42.7 Å². The number of aliphatic hydroxyl groups excluding tert-OH is 1. The average molecular weight is 471 g/mol. The molecule has 0 aliphatic carbocycles. The van der Waals surface area contributed by atoms with Crippen molar-refractivity contribution in [1.29, 1.82) is 0 Å². The topological polar surface area (TPSA) is 137 Å². The second kappa shape index (κ2) is 10.7. The molecule has 0 saturated carbocycles. The van der Waals surface area contributed by atoms with Crippen molar-refractivity contribution in [2.45, 2.75) is 45.6 Å². The molecule has 1 saturated heterocycles. The number of tetrazole rings is 1. The van der Waals surface area contributed by atoms with Crippen LogP contribution in [-0.4, -0.2) is 73.2 Å². The number of hydrogen-bond acceptors (Lipinski definition) is 9. The Morgan fingerprint density at radius 2 is 2.03 bits per heavy atom. The lowest BCUT2D eigenvalue weighted by Crippen LogP contribution is -2.40. The Bertz CT molecular complexity index is 1150. The largest absolute Gasteiger partial charge is 0.394 e. The molecule has 4 rings (SSSR count). The fraction of sp³-hybridized carbons (Fsp3) is 0.455. The van der Waals surface area contributed by atoms with Crippen LogP contribution in [0, 0.1) is 12.7 Å². The number of rotatable bonds is 8. The lowest BCUT2D eigenvalue weighted by molar-refractivity contribution is -0.150. The maximum atomic E-state index is 13.7. The van der Waals surface area contributed by atoms with Gasteiger partial charge in [0.15, 0.2) is 0 Å². The minimum atomic E-state index is -0.396. The van der Waals surface area contributed by atoms with Gasteiger partial charge in [0.05, 0.1) is 26.4 Å². The van der Waals surface area contributed by atoms with Crippen LogP contribution in [0.3, 0.4) is 0 Å². The average Bonchev–Trinajstić information content (AvgIpc) is 3.32. The zero-order valence-electron chi connectivity index (χ0n) is 18.9. The van der Waals surface area contributed by atoms with E-state index in [1.165, 1.54) is 16.9 Å². The Labute approximate surface area is 195 Å². The van der Waals surface area contributed by atoms with Crippen molar-refractivity contribution in [2.75, 3.05) is 19.8 Å². The van der Waals surface area contributed by atoms with Gasteiger partial charge in [-0.3, -0.25) is 4.79 Å². The summed E-state index contributed by atoms with van der Waals surface area (Å²) in [7, 11) is 0. The molecule has 12 heteroatoms. The van der Waals surface area contributed by atoms with Crippen LogP contribution in [0.15, 0.2) is 24.3 Å². The van der Waals surface area contributed by atoms with E-state index >= 15 is 0 Å². The molecule has 1 amide bonds. The molecule has 3 aromatic rings. The number of carbonyl (C=O) groups excluding carboxylic acids is 1. The van der Waals surface area contributed by atoms with Gasteiger partial charge in [0, 0.05) is 6.54 Å². The number of halogens is 1. The highest BCUT2D eigenvalue weighted by molar-refractivity contribution is 5.93. The number of nitrogens with zero attached hydrogens (tertiary/aromatic N) is 6. The third-order valence-electron chi connectivity index (χ3n) is 5.30. The number of amides is 1. The van der Waals surface area contributed by atoms with E-state index < -0.39 is 5.91 Å². The second-order valence-electron chi connectivity index (χ2n) is 7.91. The van der Waals surface area contributed by atoms with Gasteiger partial charge in [-0.2, -0.15) is 4.80 Å². The van der Waals surface area contributed by atoms with Crippen molar-refractivity contribution in [3.05, 3.63) is 52.7 Å². The highest BCUT2D eigenvalue weighted by Crippen LogP contribution is 2.15. The van der Waals surface area contributed by atoms with Gasteiger partial charge in [-0.25, -0.2) is 14.4 Å². The van der Waals surface area contributed by atoms with Crippen LogP contribution in [0.5, 0.6) is 0 Å². The Hall–Kier alpha value is -3.35. The summed E-state index contributed by atoms with van der Waals surface area (Å²) in [6.45, 7) is 4.61. The monoisotopic (exact) mass is 471 g/mol. The number of aryl methyl sites for hydroxylation is 2. The van der Waals surface area contributed by atoms with Crippen molar-refractivity contribution in [2.24, 2.45) is 0 Å². The molecule has 0 radical (unpaired) electrons. The van der Waals surface area contributed by atoms with Gasteiger partial charge < -0.3 is 19.9 Å². The van der Waals surface area contributed by atoms with Crippen molar-refractivity contribution < 1.29 is 23.8 Å². The first-order valence-electron chi connectivity index (χ1n) is 11.0. The molecule has 1 aliphatic rings. The number of ether oxygens (including phenoxy) is 2. The Morgan fingerprint density at radius 3 is 2.76 bits per heavy atom. The van der Waals surface area contributed by atoms with E-state index in [9.17, 15) is 9.18 Å². The molecule has 1 aromatic carbocycles. The third kappa shape index (κ3) is 5.76. The summed E-state index contributed by atoms with van der Waals surface area (Å²) in [5.41, 5.74) is 1.91. The van der Waals surface area contributed by atoms with Gasteiger partial charge in [-0.1, -0.05) is 19.1 Å². The van der Waals surface area contributed by atoms with E-state index in [0.717, 1.165) is 5.56 Å². The normalized spacial score (nSPS) is 18.1. The number of hydrogen-bond donors (Lipinski definition) is 2. The number of benzene rings is 1. The molecule has 1 fully saturated rings. The first-order valence-corrected chi connectivity index (χ1v) is 11.0. The fourth-order valence-corrected chi connectivity index (χ4v) is 3.48. The van der Waals surface area contributed by atoms with E-state index in [0.29, 0.717) is 43.3 Å². The molecular formula is C22H26FN7O4. The van der Waals surface area contributed by atoms with E-state index in [2.05, 4.69) is 30.7 Å². The molecule has 0 bridgehead atoms. The van der Waals surface area contributed by atoms with Crippen LogP contribution in [0.1, 0.15) is 34.4 Å². The summed E-state index contributed by atoms with van der Waals surface area (Å²) in [6.07, 6.45) is -0.0161. The lowest BCUT2D eigenvalue weighted by atomic mass is 10.1. The van der Waals surface area contributed by atoms with Crippen molar-refractivity contribution in [3.63, 3.8) is 0 Å². The van der Waals surface area contributed by atoms with Gasteiger partial charge in [-0.05, 0) is 41.8 Å². The Kier molecular flexibility index (Phi) is 7.50. The second-order valence-corrected chi connectivity index (χ2v) is 7.91. The molecule has 11 nitrogen and oxygen atoms in total. The maximum absolute atomic E-state index is 13.7. The van der Waals surface area contributed by atoms with Gasteiger partial charge in [0.25, 0.3) is 5.91 Å². The summed E-state index contributed by atoms with van der Waals surface area (Å²) in [5, 5.41) is 24.3.